The minimum atomic E-state index is -4.39. The molecular weight excluding hydrogens is 447 g/mol. The number of benzene rings is 2. The van der Waals surface area contributed by atoms with E-state index in [2.05, 4.69) is 11.1 Å². The molecule has 0 amide bonds. The van der Waals surface area contributed by atoms with Crippen LogP contribution in [0.3, 0.4) is 0 Å². The lowest BCUT2D eigenvalue weighted by Gasteiger charge is -2.20. The topological polar surface area (TPSA) is 72.6 Å². The molecule has 5 nitrogen and oxygen atoms in total. The number of ether oxygens (including phenoxy) is 1. The van der Waals surface area contributed by atoms with Crippen LogP contribution in [0.15, 0.2) is 53.0 Å². The van der Waals surface area contributed by atoms with Gasteiger partial charge in [-0.05, 0) is 67.7 Å². The zero-order chi connectivity index (χ0) is 24.3. The number of allylic oxidation sites excluding steroid dienone is 2. The summed E-state index contributed by atoms with van der Waals surface area (Å²) < 4.78 is 50.1. The summed E-state index contributed by atoms with van der Waals surface area (Å²) >= 11 is 0. The number of carboxylic acids is 1. The SMILES string of the molecule is Cc1oc(-c2ccc(C(F)(F)F)cc2)nc1CCOc1cccc2c1CCC=C2CCC(=O)O. The summed E-state index contributed by atoms with van der Waals surface area (Å²) in [7, 11) is 0. The maximum absolute atomic E-state index is 12.8. The second kappa shape index (κ2) is 9.75. The maximum atomic E-state index is 12.8. The number of nitrogens with zero attached hydrogens (tertiary/aromatic N) is 1. The van der Waals surface area contributed by atoms with Crippen molar-refractivity contribution < 1.29 is 32.2 Å². The first kappa shape index (κ1) is 23.6. The Morgan fingerprint density at radius 1 is 1.15 bits per heavy atom. The van der Waals surface area contributed by atoms with Crippen LogP contribution in [0.5, 0.6) is 5.75 Å². The Morgan fingerprint density at radius 3 is 2.62 bits per heavy atom. The fourth-order valence-corrected chi connectivity index (χ4v) is 4.08. The molecule has 1 aromatic heterocycles. The third kappa shape index (κ3) is 5.32. The first-order valence-electron chi connectivity index (χ1n) is 11.0. The van der Waals surface area contributed by atoms with Gasteiger partial charge in [0.1, 0.15) is 11.5 Å². The molecule has 3 aromatic rings. The van der Waals surface area contributed by atoms with Crippen molar-refractivity contribution in [3.05, 3.63) is 76.7 Å². The summed E-state index contributed by atoms with van der Waals surface area (Å²) in [5.41, 5.74) is 3.57. The van der Waals surface area contributed by atoms with Gasteiger partial charge in [0, 0.05) is 24.0 Å². The van der Waals surface area contributed by atoms with Crippen molar-refractivity contribution in [2.24, 2.45) is 0 Å². The third-order valence-electron chi connectivity index (χ3n) is 5.82. The number of hydrogen-bond donors (Lipinski definition) is 1. The van der Waals surface area contributed by atoms with Crippen LogP contribution in [0, 0.1) is 6.92 Å². The highest BCUT2D eigenvalue weighted by atomic mass is 19.4. The first-order valence-corrected chi connectivity index (χ1v) is 11.0. The molecule has 0 aliphatic heterocycles. The highest BCUT2D eigenvalue weighted by Gasteiger charge is 2.30. The van der Waals surface area contributed by atoms with Crippen molar-refractivity contribution in [1.29, 1.82) is 0 Å². The Hall–Kier alpha value is -3.55. The van der Waals surface area contributed by atoms with Crippen LogP contribution in [0.1, 0.15) is 47.4 Å². The molecule has 0 fully saturated rings. The van der Waals surface area contributed by atoms with Gasteiger partial charge in [0.25, 0.3) is 0 Å². The van der Waals surface area contributed by atoms with Gasteiger partial charge in [-0.2, -0.15) is 13.2 Å². The predicted molar refractivity (Wildman–Crippen MR) is 120 cm³/mol. The van der Waals surface area contributed by atoms with Crippen LogP contribution in [-0.4, -0.2) is 22.7 Å². The van der Waals surface area contributed by atoms with E-state index in [0.29, 0.717) is 36.5 Å². The van der Waals surface area contributed by atoms with Gasteiger partial charge < -0.3 is 14.3 Å². The fourth-order valence-electron chi connectivity index (χ4n) is 4.08. The number of fused-ring (bicyclic) bond motifs is 1. The Morgan fingerprint density at radius 2 is 1.91 bits per heavy atom. The van der Waals surface area contributed by atoms with Crippen LogP contribution < -0.4 is 4.74 Å². The molecule has 0 radical (unpaired) electrons. The summed E-state index contributed by atoms with van der Waals surface area (Å²) in [5, 5.41) is 9.00. The van der Waals surface area contributed by atoms with Crippen LogP contribution in [0.2, 0.25) is 0 Å². The van der Waals surface area contributed by atoms with E-state index in [9.17, 15) is 18.0 Å². The molecule has 1 aliphatic carbocycles. The maximum Gasteiger partial charge on any atom is 0.416 e. The molecule has 8 heteroatoms. The minimum absolute atomic E-state index is 0.0864. The van der Waals surface area contributed by atoms with Crippen molar-refractivity contribution in [2.45, 2.75) is 45.2 Å². The van der Waals surface area contributed by atoms with E-state index in [-0.39, 0.29) is 12.3 Å². The van der Waals surface area contributed by atoms with Crippen LogP contribution in [-0.2, 0) is 23.8 Å². The van der Waals surface area contributed by atoms with E-state index >= 15 is 0 Å². The number of carboxylic acid groups (broad SMARTS) is 1. The standard InChI is InChI=1S/C26H24F3NO4/c1-16-22(30-25(34-16)18-8-11-19(12-9-18)26(27,28)29)14-15-33-23-7-3-5-20-17(10-13-24(31)32)4-2-6-21(20)23/h3-5,7-9,11-12H,2,6,10,13-15H2,1H3,(H,31,32). The van der Waals surface area contributed by atoms with E-state index in [4.69, 9.17) is 14.3 Å². The highest BCUT2D eigenvalue weighted by Crippen LogP contribution is 2.35. The number of hydrogen-bond acceptors (Lipinski definition) is 4. The Bertz CT molecular complexity index is 1210. The highest BCUT2D eigenvalue weighted by molar-refractivity contribution is 5.76. The monoisotopic (exact) mass is 471 g/mol. The molecule has 178 valence electrons. The summed E-state index contributed by atoms with van der Waals surface area (Å²) in [6.45, 7) is 2.12. The smallest absolute Gasteiger partial charge is 0.416 e. The molecular formula is C26H24F3NO4. The van der Waals surface area contributed by atoms with Gasteiger partial charge in [-0.1, -0.05) is 18.2 Å². The summed E-state index contributed by atoms with van der Waals surface area (Å²) in [5.74, 6) is 0.806. The number of carbonyl (C=O) groups is 1. The zero-order valence-corrected chi connectivity index (χ0v) is 18.6. The first-order chi connectivity index (χ1) is 16.2. The van der Waals surface area contributed by atoms with E-state index in [1.807, 2.05) is 18.2 Å². The average Bonchev–Trinajstić information content (AvgIpc) is 3.17. The van der Waals surface area contributed by atoms with E-state index < -0.39 is 17.7 Å². The average molecular weight is 471 g/mol. The van der Waals surface area contributed by atoms with Gasteiger partial charge in [0.15, 0.2) is 0 Å². The van der Waals surface area contributed by atoms with Gasteiger partial charge in [0.2, 0.25) is 5.89 Å². The fraction of sp³-hybridized carbons (Fsp3) is 0.308. The van der Waals surface area contributed by atoms with Crippen molar-refractivity contribution >= 4 is 11.5 Å². The molecule has 2 aromatic carbocycles. The Kier molecular flexibility index (Phi) is 6.77. The number of oxazole rings is 1. The lowest BCUT2D eigenvalue weighted by molar-refractivity contribution is -0.138. The number of aryl methyl sites for hydroxylation is 1. The molecule has 1 heterocycles. The van der Waals surface area contributed by atoms with E-state index in [0.717, 1.165) is 47.4 Å². The van der Waals surface area contributed by atoms with Crippen LogP contribution >= 0.6 is 0 Å². The third-order valence-corrected chi connectivity index (χ3v) is 5.82. The quantitative estimate of drug-likeness (QED) is 0.407. The largest absolute Gasteiger partial charge is 0.493 e. The molecule has 0 unspecified atom stereocenters. The van der Waals surface area contributed by atoms with Gasteiger partial charge in [-0.3, -0.25) is 4.79 Å². The van der Waals surface area contributed by atoms with Gasteiger partial charge in [0.05, 0.1) is 17.9 Å². The van der Waals surface area contributed by atoms with Crippen LogP contribution in [0.4, 0.5) is 13.2 Å². The molecule has 0 spiro atoms. The zero-order valence-electron chi connectivity index (χ0n) is 18.6. The normalized spacial score (nSPS) is 13.4. The van der Waals surface area contributed by atoms with Gasteiger partial charge in [-0.15, -0.1) is 0 Å². The van der Waals surface area contributed by atoms with Gasteiger partial charge >= 0.3 is 12.1 Å². The molecule has 0 bridgehead atoms. The Balaban J connectivity index is 1.42. The van der Waals surface area contributed by atoms with E-state index in [1.54, 1.807) is 6.92 Å². The predicted octanol–water partition coefficient (Wildman–Crippen LogP) is 6.48. The van der Waals surface area contributed by atoms with Crippen molar-refractivity contribution in [1.82, 2.24) is 4.98 Å². The minimum Gasteiger partial charge on any atom is -0.493 e. The molecule has 4 rings (SSSR count). The number of alkyl halides is 3. The summed E-state index contributed by atoms with van der Waals surface area (Å²) in [6, 6.07) is 10.5. The number of halogens is 3. The molecule has 0 saturated carbocycles. The molecule has 1 aliphatic rings. The second-order valence-electron chi connectivity index (χ2n) is 8.14. The van der Waals surface area contributed by atoms with Crippen molar-refractivity contribution in [2.75, 3.05) is 6.61 Å². The van der Waals surface area contributed by atoms with Gasteiger partial charge in [-0.25, -0.2) is 4.98 Å². The lowest BCUT2D eigenvalue weighted by atomic mass is 9.88. The van der Waals surface area contributed by atoms with Crippen molar-refractivity contribution in [3.63, 3.8) is 0 Å². The lowest BCUT2D eigenvalue weighted by Crippen LogP contribution is -2.08. The number of rotatable bonds is 8. The molecule has 1 N–H and O–H groups in total. The van der Waals surface area contributed by atoms with Crippen LogP contribution in [0.25, 0.3) is 17.0 Å². The second-order valence-corrected chi connectivity index (χ2v) is 8.14. The van der Waals surface area contributed by atoms with E-state index in [1.165, 1.54) is 12.1 Å². The summed E-state index contributed by atoms with van der Waals surface area (Å²) in [6.07, 6.45) is 0.402. The van der Waals surface area contributed by atoms with Crippen molar-refractivity contribution in [3.8, 4) is 17.2 Å². The molecule has 0 saturated heterocycles. The number of aliphatic carboxylic acids is 1. The Labute approximate surface area is 194 Å². The molecule has 34 heavy (non-hydrogen) atoms. The number of aromatic nitrogens is 1. The molecule has 0 atom stereocenters. The summed E-state index contributed by atoms with van der Waals surface area (Å²) in [4.78, 5) is 15.4.